The van der Waals surface area contributed by atoms with E-state index < -0.39 is 24.0 Å². The highest BCUT2D eigenvalue weighted by Crippen LogP contribution is 2.17. The third kappa shape index (κ3) is 5.01. The number of aromatic nitrogens is 4. The standard InChI is InChI=1S/C20H18N6O3/c1-14(19(27)23-17-10-6-5-9-16(17)12-21)29-20(28)18(26-13-22-24-25-26)11-15-7-3-2-4-8-15/h2-10,13-14,18H,11H2,1H3,(H,23,27)/t14-,18+/m0/s1. The first-order chi connectivity index (χ1) is 14.1. The molecule has 3 aromatic rings. The molecule has 0 spiro atoms. The number of hydrogen-bond acceptors (Lipinski definition) is 7. The molecule has 1 heterocycles. The van der Waals surface area contributed by atoms with Crippen LogP contribution in [0.3, 0.4) is 0 Å². The summed E-state index contributed by atoms with van der Waals surface area (Å²) in [7, 11) is 0. The molecule has 0 fully saturated rings. The Labute approximate surface area is 166 Å². The molecule has 1 N–H and O–H groups in total. The van der Waals surface area contributed by atoms with Crippen LogP contribution < -0.4 is 5.32 Å². The summed E-state index contributed by atoms with van der Waals surface area (Å²) in [5, 5.41) is 22.7. The molecular weight excluding hydrogens is 372 g/mol. The third-order valence-corrected chi connectivity index (χ3v) is 4.20. The molecule has 0 radical (unpaired) electrons. The molecule has 0 bridgehead atoms. The lowest BCUT2D eigenvalue weighted by Gasteiger charge is -2.19. The van der Waals surface area contributed by atoms with Crippen LogP contribution >= 0.6 is 0 Å². The number of anilines is 1. The van der Waals surface area contributed by atoms with Gasteiger partial charge in [0.1, 0.15) is 12.4 Å². The molecule has 0 unspecified atom stereocenters. The number of nitrogens with zero attached hydrogens (tertiary/aromatic N) is 5. The van der Waals surface area contributed by atoms with Crippen LogP contribution in [-0.2, 0) is 20.7 Å². The van der Waals surface area contributed by atoms with Crippen LogP contribution in [0, 0.1) is 11.3 Å². The number of rotatable bonds is 7. The van der Waals surface area contributed by atoms with Crippen molar-refractivity contribution in [3.05, 3.63) is 72.1 Å². The Morgan fingerprint density at radius 1 is 1.17 bits per heavy atom. The molecule has 0 aliphatic heterocycles. The van der Waals surface area contributed by atoms with Crippen LogP contribution in [0.15, 0.2) is 60.9 Å². The number of nitrogens with one attached hydrogen (secondary N) is 1. The zero-order valence-corrected chi connectivity index (χ0v) is 15.6. The lowest BCUT2D eigenvalue weighted by atomic mass is 10.1. The molecule has 1 amide bonds. The maximum atomic E-state index is 12.8. The lowest BCUT2D eigenvalue weighted by molar-refractivity contribution is -0.156. The van der Waals surface area contributed by atoms with Crippen molar-refractivity contribution in [1.82, 2.24) is 20.2 Å². The smallest absolute Gasteiger partial charge is 0.332 e. The van der Waals surface area contributed by atoms with Gasteiger partial charge in [0.05, 0.1) is 11.3 Å². The van der Waals surface area contributed by atoms with E-state index in [1.165, 1.54) is 17.9 Å². The van der Waals surface area contributed by atoms with Crippen LogP contribution in [0.1, 0.15) is 24.1 Å². The van der Waals surface area contributed by atoms with Crippen molar-refractivity contribution in [2.24, 2.45) is 0 Å². The van der Waals surface area contributed by atoms with E-state index in [1.54, 1.807) is 24.3 Å². The summed E-state index contributed by atoms with van der Waals surface area (Å²) < 4.78 is 6.66. The second kappa shape index (κ2) is 9.23. The summed E-state index contributed by atoms with van der Waals surface area (Å²) in [6.07, 6.45) is 0.544. The van der Waals surface area contributed by atoms with Gasteiger partial charge >= 0.3 is 5.97 Å². The van der Waals surface area contributed by atoms with Gasteiger partial charge in [0.25, 0.3) is 5.91 Å². The van der Waals surface area contributed by atoms with Gasteiger partial charge in [-0.05, 0) is 35.0 Å². The van der Waals surface area contributed by atoms with E-state index in [1.807, 2.05) is 36.4 Å². The molecule has 146 valence electrons. The van der Waals surface area contributed by atoms with Crippen molar-refractivity contribution >= 4 is 17.6 Å². The number of benzene rings is 2. The van der Waals surface area contributed by atoms with Crippen molar-refractivity contribution in [1.29, 1.82) is 5.26 Å². The monoisotopic (exact) mass is 390 g/mol. The Kier molecular flexibility index (Phi) is 6.27. The van der Waals surface area contributed by atoms with Crippen LogP contribution in [0.5, 0.6) is 0 Å². The van der Waals surface area contributed by atoms with Gasteiger partial charge in [0, 0.05) is 6.42 Å². The van der Waals surface area contributed by atoms with Crippen molar-refractivity contribution in [3.63, 3.8) is 0 Å². The summed E-state index contributed by atoms with van der Waals surface area (Å²) in [6, 6.07) is 17.1. The Morgan fingerprint density at radius 2 is 1.90 bits per heavy atom. The third-order valence-electron chi connectivity index (χ3n) is 4.20. The fourth-order valence-electron chi connectivity index (χ4n) is 2.66. The molecule has 0 saturated heterocycles. The van der Waals surface area contributed by atoms with E-state index in [0.29, 0.717) is 17.7 Å². The van der Waals surface area contributed by atoms with E-state index in [-0.39, 0.29) is 0 Å². The Bertz CT molecular complexity index is 1010. The summed E-state index contributed by atoms with van der Waals surface area (Å²) in [6.45, 7) is 1.46. The van der Waals surface area contributed by atoms with Crippen LogP contribution in [-0.4, -0.2) is 38.2 Å². The van der Waals surface area contributed by atoms with E-state index in [9.17, 15) is 9.59 Å². The number of nitriles is 1. The number of hydrogen-bond donors (Lipinski definition) is 1. The van der Waals surface area contributed by atoms with E-state index in [2.05, 4.69) is 20.8 Å². The minimum Gasteiger partial charge on any atom is -0.451 e. The summed E-state index contributed by atoms with van der Waals surface area (Å²) in [5.41, 5.74) is 1.56. The molecule has 2 aromatic carbocycles. The second-order valence-electron chi connectivity index (χ2n) is 6.22. The van der Waals surface area contributed by atoms with Gasteiger partial charge in [0.15, 0.2) is 12.1 Å². The second-order valence-corrected chi connectivity index (χ2v) is 6.22. The molecule has 0 aliphatic carbocycles. The first kappa shape index (κ1) is 19.7. The highest BCUT2D eigenvalue weighted by atomic mass is 16.5. The normalized spacial score (nSPS) is 12.4. The van der Waals surface area contributed by atoms with Gasteiger partial charge in [-0.3, -0.25) is 4.79 Å². The van der Waals surface area contributed by atoms with E-state index in [0.717, 1.165) is 5.56 Å². The number of esters is 1. The fourth-order valence-corrected chi connectivity index (χ4v) is 2.66. The average molecular weight is 390 g/mol. The Hall–Kier alpha value is -4.06. The van der Waals surface area contributed by atoms with Crippen molar-refractivity contribution in [3.8, 4) is 6.07 Å². The number of para-hydroxylation sites is 1. The van der Waals surface area contributed by atoms with Gasteiger partial charge < -0.3 is 10.1 Å². The highest BCUT2D eigenvalue weighted by molar-refractivity contribution is 5.96. The average Bonchev–Trinajstić information content (AvgIpc) is 3.27. The molecule has 0 saturated carbocycles. The minimum absolute atomic E-state index is 0.302. The Morgan fingerprint density at radius 3 is 2.59 bits per heavy atom. The first-order valence-electron chi connectivity index (χ1n) is 8.85. The molecule has 2 atom stereocenters. The molecule has 9 heteroatoms. The SMILES string of the molecule is C[C@H](OC(=O)[C@@H](Cc1ccccc1)n1cnnn1)C(=O)Nc1ccccc1C#N. The van der Waals surface area contributed by atoms with Crippen LogP contribution in [0.4, 0.5) is 5.69 Å². The first-order valence-corrected chi connectivity index (χ1v) is 8.85. The molecular formula is C20H18N6O3. The van der Waals surface area contributed by atoms with Crippen molar-refractivity contribution in [2.75, 3.05) is 5.32 Å². The molecule has 9 nitrogen and oxygen atoms in total. The zero-order valence-electron chi connectivity index (χ0n) is 15.6. The molecule has 29 heavy (non-hydrogen) atoms. The highest BCUT2D eigenvalue weighted by Gasteiger charge is 2.28. The van der Waals surface area contributed by atoms with Crippen molar-refractivity contribution < 1.29 is 14.3 Å². The number of tetrazole rings is 1. The van der Waals surface area contributed by atoms with Crippen LogP contribution in [0.2, 0.25) is 0 Å². The maximum absolute atomic E-state index is 12.8. The zero-order chi connectivity index (χ0) is 20.6. The topological polar surface area (TPSA) is 123 Å². The minimum atomic E-state index is -1.08. The number of ether oxygens (including phenoxy) is 1. The molecule has 3 rings (SSSR count). The van der Waals surface area contributed by atoms with Gasteiger partial charge in [-0.2, -0.15) is 5.26 Å². The molecule has 0 aliphatic rings. The lowest BCUT2D eigenvalue weighted by Crippen LogP contribution is -2.34. The van der Waals surface area contributed by atoms with Gasteiger partial charge in [-0.25, -0.2) is 9.48 Å². The predicted molar refractivity (Wildman–Crippen MR) is 102 cm³/mol. The van der Waals surface area contributed by atoms with E-state index in [4.69, 9.17) is 10.00 Å². The maximum Gasteiger partial charge on any atom is 0.332 e. The largest absolute Gasteiger partial charge is 0.451 e. The Balaban J connectivity index is 1.70. The fraction of sp³-hybridized carbons (Fsp3) is 0.200. The quantitative estimate of drug-likeness (QED) is 0.611. The number of carbonyl (C=O) groups excluding carboxylic acids is 2. The van der Waals surface area contributed by atoms with Gasteiger partial charge in [-0.15, -0.1) is 5.10 Å². The summed E-state index contributed by atoms with van der Waals surface area (Å²) in [4.78, 5) is 25.2. The van der Waals surface area contributed by atoms with Gasteiger partial charge in [0.2, 0.25) is 0 Å². The summed E-state index contributed by atoms with van der Waals surface area (Å²) >= 11 is 0. The van der Waals surface area contributed by atoms with Crippen LogP contribution in [0.25, 0.3) is 0 Å². The number of amides is 1. The van der Waals surface area contributed by atoms with Gasteiger partial charge in [-0.1, -0.05) is 42.5 Å². The predicted octanol–water partition coefficient (Wildman–Crippen LogP) is 1.90. The van der Waals surface area contributed by atoms with Crippen molar-refractivity contribution in [2.45, 2.75) is 25.5 Å². The van der Waals surface area contributed by atoms with E-state index >= 15 is 0 Å². The molecule has 1 aromatic heterocycles. The number of carbonyl (C=O) groups is 2. The summed E-state index contributed by atoms with van der Waals surface area (Å²) in [5.74, 6) is -1.19.